The topological polar surface area (TPSA) is 49.8 Å². The lowest BCUT2D eigenvalue weighted by Gasteiger charge is -2.36. The average molecular weight is 269 g/mol. The van der Waals surface area contributed by atoms with E-state index in [9.17, 15) is 4.79 Å². The first-order valence-corrected chi connectivity index (χ1v) is 7.01. The molecule has 1 saturated heterocycles. The van der Waals surface area contributed by atoms with Crippen LogP contribution in [-0.4, -0.2) is 41.8 Å². The monoisotopic (exact) mass is 269 g/mol. The van der Waals surface area contributed by atoms with Gasteiger partial charge in [-0.15, -0.1) is 11.3 Å². The van der Waals surface area contributed by atoms with Gasteiger partial charge in [-0.05, 0) is 26.0 Å². The van der Waals surface area contributed by atoms with E-state index in [4.69, 9.17) is 9.84 Å². The summed E-state index contributed by atoms with van der Waals surface area (Å²) >= 11 is 1.81. The Bertz CT molecular complexity index is 418. The molecular formula is C13H19NO3S. The number of rotatable bonds is 4. The fourth-order valence-electron chi connectivity index (χ4n) is 2.27. The molecule has 0 amide bonds. The highest BCUT2D eigenvalue weighted by atomic mass is 32.1. The summed E-state index contributed by atoms with van der Waals surface area (Å²) in [7, 11) is 0. The van der Waals surface area contributed by atoms with E-state index in [1.54, 1.807) is 11.3 Å². The summed E-state index contributed by atoms with van der Waals surface area (Å²) < 4.78 is 5.49. The first-order valence-electron chi connectivity index (χ1n) is 6.20. The van der Waals surface area contributed by atoms with Crippen LogP contribution in [0.25, 0.3) is 0 Å². The third kappa shape index (κ3) is 3.31. The molecule has 2 atom stereocenters. The molecule has 0 aromatic carbocycles. The fourth-order valence-corrected chi connectivity index (χ4v) is 3.23. The molecule has 1 aromatic rings. The molecule has 2 unspecified atom stereocenters. The van der Waals surface area contributed by atoms with Crippen molar-refractivity contribution in [1.82, 2.24) is 4.90 Å². The average Bonchev–Trinajstić information content (AvgIpc) is 2.74. The van der Waals surface area contributed by atoms with Crippen molar-refractivity contribution in [2.45, 2.75) is 32.4 Å². The van der Waals surface area contributed by atoms with Crippen LogP contribution in [0.4, 0.5) is 0 Å². The van der Waals surface area contributed by atoms with Crippen molar-refractivity contribution in [3.05, 3.63) is 21.9 Å². The van der Waals surface area contributed by atoms with E-state index >= 15 is 0 Å². The van der Waals surface area contributed by atoms with Crippen molar-refractivity contribution in [1.29, 1.82) is 0 Å². The maximum Gasteiger partial charge on any atom is 0.306 e. The van der Waals surface area contributed by atoms with Gasteiger partial charge in [0, 0.05) is 28.9 Å². The van der Waals surface area contributed by atoms with Gasteiger partial charge in [0.25, 0.3) is 0 Å². The number of nitrogens with zero attached hydrogens (tertiary/aromatic N) is 1. The number of hydrogen-bond acceptors (Lipinski definition) is 4. The molecule has 0 bridgehead atoms. The van der Waals surface area contributed by atoms with Crippen molar-refractivity contribution in [2.75, 3.05) is 19.7 Å². The number of morpholine rings is 1. The molecule has 5 heteroatoms. The minimum Gasteiger partial charge on any atom is -0.481 e. The summed E-state index contributed by atoms with van der Waals surface area (Å²) in [5.74, 6) is -0.790. The molecular weight excluding hydrogens is 250 g/mol. The third-order valence-electron chi connectivity index (χ3n) is 3.29. The number of aliphatic carboxylic acids is 1. The summed E-state index contributed by atoms with van der Waals surface area (Å²) in [5, 5.41) is 8.81. The second kappa shape index (κ2) is 5.82. The zero-order valence-corrected chi connectivity index (χ0v) is 11.6. The molecule has 1 fully saturated rings. The maximum atomic E-state index is 10.7. The van der Waals surface area contributed by atoms with Gasteiger partial charge in [0.1, 0.15) is 0 Å². The molecule has 1 aromatic heterocycles. The van der Waals surface area contributed by atoms with Crippen LogP contribution in [0.15, 0.2) is 12.1 Å². The Hall–Kier alpha value is -0.910. The third-order valence-corrected chi connectivity index (χ3v) is 4.46. The summed E-state index contributed by atoms with van der Waals surface area (Å²) in [6, 6.07) is 4.63. The number of carboxylic acids is 1. The highest BCUT2D eigenvalue weighted by Gasteiger charge is 2.26. The molecule has 0 radical (unpaired) electrons. The lowest BCUT2D eigenvalue weighted by molar-refractivity contribution is -0.142. The van der Waals surface area contributed by atoms with Crippen molar-refractivity contribution < 1.29 is 14.6 Å². The predicted octanol–water partition coefficient (Wildman–Crippen LogP) is 2.29. The first kappa shape index (κ1) is 13.5. The molecule has 4 nitrogen and oxygen atoms in total. The minimum absolute atomic E-state index is 0.0900. The quantitative estimate of drug-likeness (QED) is 0.911. The van der Waals surface area contributed by atoms with Crippen LogP contribution in [-0.2, 0) is 9.53 Å². The van der Waals surface area contributed by atoms with Gasteiger partial charge in [-0.25, -0.2) is 0 Å². The van der Waals surface area contributed by atoms with Crippen molar-refractivity contribution in [3.8, 4) is 0 Å². The van der Waals surface area contributed by atoms with Gasteiger partial charge >= 0.3 is 5.97 Å². The summed E-state index contributed by atoms with van der Waals surface area (Å²) in [4.78, 5) is 15.7. The number of aryl methyl sites for hydroxylation is 1. The van der Waals surface area contributed by atoms with E-state index in [2.05, 4.69) is 30.9 Å². The van der Waals surface area contributed by atoms with E-state index < -0.39 is 5.97 Å². The molecule has 0 saturated carbocycles. The molecule has 18 heavy (non-hydrogen) atoms. The molecule has 1 aliphatic rings. The van der Waals surface area contributed by atoms with E-state index in [0.29, 0.717) is 19.2 Å². The largest absolute Gasteiger partial charge is 0.481 e. The Morgan fingerprint density at radius 3 is 3.06 bits per heavy atom. The van der Waals surface area contributed by atoms with Crippen LogP contribution in [0, 0.1) is 6.92 Å². The van der Waals surface area contributed by atoms with Crippen LogP contribution in [0.3, 0.4) is 0 Å². The first-order chi connectivity index (χ1) is 8.56. The number of hydrogen-bond donors (Lipinski definition) is 1. The second-order valence-electron chi connectivity index (χ2n) is 4.71. The van der Waals surface area contributed by atoms with E-state index in [1.165, 1.54) is 9.75 Å². The summed E-state index contributed by atoms with van der Waals surface area (Å²) in [6.07, 6.45) is -0.0908. The molecule has 2 rings (SSSR count). The highest BCUT2D eigenvalue weighted by molar-refractivity contribution is 7.12. The van der Waals surface area contributed by atoms with Crippen LogP contribution in [0.5, 0.6) is 0 Å². The van der Waals surface area contributed by atoms with Crippen LogP contribution in [0.1, 0.15) is 29.1 Å². The Morgan fingerprint density at radius 2 is 2.44 bits per heavy atom. The Morgan fingerprint density at radius 1 is 1.67 bits per heavy atom. The van der Waals surface area contributed by atoms with Gasteiger partial charge in [-0.3, -0.25) is 9.69 Å². The molecule has 0 aliphatic carbocycles. The number of carbonyl (C=O) groups is 1. The summed E-state index contributed by atoms with van der Waals surface area (Å²) in [5.41, 5.74) is 0. The van der Waals surface area contributed by atoms with Crippen molar-refractivity contribution >= 4 is 17.3 Å². The van der Waals surface area contributed by atoms with Crippen molar-refractivity contribution in [2.24, 2.45) is 0 Å². The summed E-state index contributed by atoms with van der Waals surface area (Å²) in [6.45, 7) is 6.47. The number of ether oxygens (including phenoxy) is 1. The molecule has 1 aliphatic heterocycles. The number of thiophene rings is 1. The van der Waals surface area contributed by atoms with E-state index in [1.807, 2.05) is 0 Å². The zero-order chi connectivity index (χ0) is 13.1. The minimum atomic E-state index is -0.790. The SMILES string of the molecule is Cc1ccc(C(C)N2CCOC(CC(=O)O)C2)s1. The van der Waals surface area contributed by atoms with Crippen molar-refractivity contribution in [3.63, 3.8) is 0 Å². The lowest BCUT2D eigenvalue weighted by Crippen LogP contribution is -2.44. The van der Waals surface area contributed by atoms with Gasteiger partial charge in [0.05, 0.1) is 19.1 Å². The maximum absolute atomic E-state index is 10.7. The van der Waals surface area contributed by atoms with Gasteiger partial charge < -0.3 is 9.84 Å². The van der Waals surface area contributed by atoms with Gasteiger partial charge in [-0.1, -0.05) is 0 Å². The van der Waals surface area contributed by atoms with E-state index in [-0.39, 0.29) is 12.5 Å². The van der Waals surface area contributed by atoms with Gasteiger partial charge in [-0.2, -0.15) is 0 Å². The smallest absolute Gasteiger partial charge is 0.306 e. The molecule has 2 heterocycles. The van der Waals surface area contributed by atoms with Gasteiger partial charge in [0.2, 0.25) is 0 Å². The standard InChI is InChI=1S/C13H19NO3S/c1-9-3-4-12(18-9)10(2)14-5-6-17-11(8-14)7-13(15)16/h3-4,10-11H,5-8H2,1-2H3,(H,15,16). The Kier molecular flexibility index (Phi) is 4.37. The highest BCUT2D eigenvalue weighted by Crippen LogP contribution is 2.28. The predicted molar refractivity (Wildman–Crippen MR) is 71.0 cm³/mol. The van der Waals surface area contributed by atoms with Crippen LogP contribution in [0.2, 0.25) is 0 Å². The molecule has 1 N–H and O–H groups in total. The molecule has 100 valence electrons. The molecule has 0 spiro atoms. The zero-order valence-electron chi connectivity index (χ0n) is 10.8. The van der Waals surface area contributed by atoms with Crippen LogP contribution < -0.4 is 0 Å². The van der Waals surface area contributed by atoms with Gasteiger partial charge in [0.15, 0.2) is 0 Å². The lowest BCUT2D eigenvalue weighted by atomic mass is 10.1. The normalized spacial score (nSPS) is 22.9. The number of carboxylic acid groups (broad SMARTS) is 1. The van der Waals surface area contributed by atoms with Crippen LogP contribution >= 0.6 is 11.3 Å². The second-order valence-corrected chi connectivity index (χ2v) is 6.03. The fraction of sp³-hybridized carbons (Fsp3) is 0.615. The Labute approximate surface area is 111 Å². The Balaban J connectivity index is 1.97. The van der Waals surface area contributed by atoms with E-state index in [0.717, 1.165) is 6.54 Å².